The van der Waals surface area contributed by atoms with Gasteiger partial charge < -0.3 is 16.4 Å². The Morgan fingerprint density at radius 3 is 2.40 bits per heavy atom. The number of nitrogen functional groups attached to an aromatic ring is 1. The molecule has 0 radical (unpaired) electrons. The molecule has 0 aromatic carbocycles. The molecule has 0 bridgehead atoms. The van der Waals surface area contributed by atoms with Gasteiger partial charge in [0, 0.05) is 49.2 Å². The Kier molecular flexibility index (Phi) is 5.60. The van der Waals surface area contributed by atoms with Gasteiger partial charge in [-0.25, -0.2) is 9.97 Å². The lowest BCUT2D eigenvalue weighted by Crippen LogP contribution is -2.47. The van der Waals surface area contributed by atoms with E-state index in [2.05, 4.69) is 25.5 Å². The second kappa shape index (κ2) is 8.06. The molecule has 0 unspecified atom stereocenters. The third-order valence-corrected chi connectivity index (χ3v) is 4.36. The first-order valence-corrected chi connectivity index (χ1v) is 8.66. The van der Waals surface area contributed by atoms with Gasteiger partial charge in [0.05, 0.1) is 6.54 Å². The van der Waals surface area contributed by atoms with Crippen LogP contribution in [-0.2, 0) is 9.59 Å². The van der Waals surface area contributed by atoms with Crippen molar-refractivity contribution >= 4 is 23.8 Å². The molecule has 2 aliphatic rings. The van der Waals surface area contributed by atoms with E-state index in [0.29, 0.717) is 12.6 Å². The quantitative estimate of drug-likeness (QED) is 0.623. The Hall–Kier alpha value is -2.48. The first-order valence-electron chi connectivity index (χ1n) is 8.66. The van der Waals surface area contributed by atoms with E-state index in [1.807, 2.05) is 0 Å². The highest BCUT2D eigenvalue weighted by atomic mass is 16.2. The molecule has 1 aliphatic carbocycles. The number of hydrogen-bond donors (Lipinski definition) is 3. The minimum atomic E-state index is -0.137. The molecular formula is C17H24N6O2. The number of rotatable bonds is 6. The van der Waals surface area contributed by atoms with Gasteiger partial charge >= 0.3 is 0 Å². The molecule has 1 aromatic rings. The van der Waals surface area contributed by atoms with Crippen LogP contribution in [0.3, 0.4) is 0 Å². The second-order valence-electron chi connectivity index (χ2n) is 6.61. The highest BCUT2D eigenvalue weighted by Crippen LogP contribution is 2.18. The molecule has 8 heteroatoms. The van der Waals surface area contributed by atoms with Crippen LogP contribution in [0.4, 0.5) is 5.95 Å². The van der Waals surface area contributed by atoms with Crippen molar-refractivity contribution in [3.05, 3.63) is 24.0 Å². The third-order valence-electron chi connectivity index (χ3n) is 4.36. The molecule has 0 atom stereocenters. The SMILES string of the molecule is Nc1ncc(C=CC(=O)NC2CCN(CC(=O)NC3CC3)CC2)cn1. The average Bonchev–Trinajstić information content (AvgIpc) is 3.40. The van der Waals surface area contributed by atoms with E-state index >= 15 is 0 Å². The maximum absolute atomic E-state index is 12.0. The standard InChI is InChI=1S/C17H24N6O2/c18-17-19-9-12(10-20-17)1-4-15(24)21-14-5-7-23(8-6-14)11-16(25)22-13-2-3-13/h1,4,9-10,13-14H,2-3,5-8,11H2,(H,21,24)(H,22,25)(H2,18,19,20). The van der Waals surface area contributed by atoms with Gasteiger partial charge in [-0.05, 0) is 31.8 Å². The van der Waals surface area contributed by atoms with Crippen LogP contribution >= 0.6 is 0 Å². The van der Waals surface area contributed by atoms with Gasteiger partial charge in [0.25, 0.3) is 0 Å². The average molecular weight is 344 g/mol. The zero-order valence-corrected chi connectivity index (χ0v) is 14.1. The van der Waals surface area contributed by atoms with Crippen LogP contribution in [0, 0.1) is 0 Å². The number of piperidine rings is 1. The second-order valence-corrected chi connectivity index (χ2v) is 6.61. The molecule has 1 saturated heterocycles. The largest absolute Gasteiger partial charge is 0.368 e. The van der Waals surface area contributed by atoms with Crippen molar-refractivity contribution in [2.75, 3.05) is 25.4 Å². The Labute approximate surface area is 146 Å². The molecule has 2 heterocycles. The smallest absolute Gasteiger partial charge is 0.244 e. The van der Waals surface area contributed by atoms with Gasteiger partial charge in [0.2, 0.25) is 17.8 Å². The van der Waals surface area contributed by atoms with Crippen LogP contribution in [0.15, 0.2) is 18.5 Å². The summed E-state index contributed by atoms with van der Waals surface area (Å²) in [4.78, 5) is 33.7. The van der Waals surface area contributed by atoms with Crippen LogP contribution in [0.1, 0.15) is 31.2 Å². The molecule has 134 valence electrons. The van der Waals surface area contributed by atoms with E-state index < -0.39 is 0 Å². The van der Waals surface area contributed by atoms with Gasteiger partial charge in [0.15, 0.2) is 0 Å². The molecule has 1 aromatic heterocycles. The summed E-state index contributed by atoms with van der Waals surface area (Å²) in [7, 11) is 0. The van der Waals surface area contributed by atoms with Crippen molar-refractivity contribution in [2.45, 2.75) is 37.8 Å². The molecule has 1 saturated carbocycles. The number of carbonyl (C=O) groups excluding carboxylic acids is 2. The van der Waals surface area contributed by atoms with Gasteiger partial charge in [-0.2, -0.15) is 0 Å². The van der Waals surface area contributed by atoms with Gasteiger partial charge in [-0.15, -0.1) is 0 Å². The number of amides is 2. The Bertz CT molecular complexity index is 633. The fraction of sp³-hybridized carbons (Fsp3) is 0.529. The van der Waals surface area contributed by atoms with Crippen LogP contribution in [0.25, 0.3) is 6.08 Å². The Balaban J connectivity index is 1.37. The van der Waals surface area contributed by atoms with Crippen LogP contribution in [-0.4, -0.2) is 58.4 Å². The normalized spacial score (nSPS) is 19.0. The number of carbonyl (C=O) groups is 2. The van der Waals surface area contributed by atoms with Crippen LogP contribution in [0.5, 0.6) is 0 Å². The number of nitrogens with zero attached hydrogens (tertiary/aromatic N) is 3. The van der Waals surface area contributed by atoms with E-state index in [1.54, 1.807) is 18.5 Å². The minimum absolute atomic E-state index is 0.110. The van der Waals surface area contributed by atoms with Crippen molar-refractivity contribution in [3.63, 3.8) is 0 Å². The predicted molar refractivity (Wildman–Crippen MR) is 94.2 cm³/mol. The van der Waals surface area contributed by atoms with E-state index in [1.165, 1.54) is 6.08 Å². The minimum Gasteiger partial charge on any atom is -0.368 e. The van der Waals surface area contributed by atoms with E-state index in [0.717, 1.165) is 44.3 Å². The molecule has 4 N–H and O–H groups in total. The number of nitrogens with two attached hydrogens (primary N) is 1. The van der Waals surface area contributed by atoms with Crippen molar-refractivity contribution in [2.24, 2.45) is 0 Å². The number of likely N-dealkylation sites (tertiary alicyclic amines) is 1. The summed E-state index contributed by atoms with van der Waals surface area (Å²) < 4.78 is 0. The maximum Gasteiger partial charge on any atom is 0.244 e. The lowest BCUT2D eigenvalue weighted by molar-refractivity contribution is -0.123. The molecule has 8 nitrogen and oxygen atoms in total. The highest BCUT2D eigenvalue weighted by molar-refractivity contribution is 5.91. The summed E-state index contributed by atoms with van der Waals surface area (Å²) >= 11 is 0. The zero-order chi connectivity index (χ0) is 17.6. The monoisotopic (exact) mass is 344 g/mol. The molecule has 1 aliphatic heterocycles. The molecule has 2 fully saturated rings. The Morgan fingerprint density at radius 1 is 1.12 bits per heavy atom. The molecule has 25 heavy (non-hydrogen) atoms. The first-order chi connectivity index (χ1) is 12.1. The fourth-order valence-electron chi connectivity index (χ4n) is 2.79. The van der Waals surface area contributed by atoms with E-state index in [-0.39, 0.29) is 23.8 Å². The Morgan fingerprint density at radius 2 is 1.76 bits per heavy atom. The van der Waals surface area contributed by atoms with E-state index in [4.69, 9.17) is 5.73 Å². The predicted octanol–water partition coefficient (Wildman–Crippen LogP) is -0.0688. The van der Waals surface area contributed by atoms with Crippen LogP contribution in [0.2, 0.25) is 0 Å². The zero-order valence-electron chi connectivity index (χ0n) is 14.1. The fourth-order valence-corrected chi connectivity index (χ4v) is 2.79. The number of nitrogens with one attached hydrogen (secondary N) is 2. The number of aromatic nitrogens is 2. The summed E-state index contributed by atoms with van der Waals surface area (Å²) in [5.74, 6) is 0.180. The van der Waals surface area contributed by atoms with Crippen molar-refractivity contribution in [3.8, 4) is 0 Å². The maximum atomic E-state index is 12.0. The van der Waals surface area contributed by atoms with Gasteiger partial charge in [-0.1, -0.05) is 0 Å². The van der Waals surface area contributed by atoms with Crippen molar-refractivity contribution in [1.29, 1.82) is 0 Å². The summed E-state index contributed by atoms with van der Waals surface area (Å²) in [5.41, 5.74) is 6.14. The third kappa shape index (κ3) is 5.82. The van der Waals surface area contributed by atoms with Crippen molar-refractivity contribution in [1.82, 2.24) is 25.5 Å². The summed E-state index contributed by atoms with van der Waals surface area (Å²) in [5, 5.41) is 6.00. The van der Waals surface area contributed by atoms with Crippen LogP contribution < -0.4 is 16.4 Å². The van der Waals surface area contributed by atoms with Gasteiger partial charge in [-0.3, -0.25) is 14.5 Å². The van der Waals surface area contributed by atoms with E-state index in [9.17, 15) is 9.59 Å². The molecular weight excluding hydrogens is 320 g/mol. The highest BCUT2D eigenvalue weighted by Gasteiger charge is 2.26. The summed E-state index contributed by atoms with van der Waals surface area (Å²) in [6.07, 6.45) is 10.2. The lowest BCUT2D eigenvalue weighted by atomic mass is 10.0. The van der Waals surface area contributed by atoms with Crippen molar-refractivity contribution < 1.29 is 9.59 Å². The van der Waals surface area contributed by atoms with Gasteiger partial charge in [0.1, 0.15) is 0 Å². The summed E-state index contributed by atoms with van der Waals surface area (Å²) in [6.45, 7) is 2.09. The number of hydrogen-bond acceptors (Lipinski definition) is 6. The lowest BCUT2D eigenvalue weighted by Gasteiger charge is -2.31. The molecule has 0 spiro atoms. The molecule has 2 amide bonds. The topological polar surface area (TPSA) is 113 Å². The summed E-state index contributed by atoms with van der Waals surface area (Å²) in [6, 6.07) is 0.546. The first kappa shape index (κ1) is 17.3. The number of anilines is 1. The molecule has 3 rings (SSSR count).